The second kappa shape index (κ2) is 5.69. The normalized spacial score (nSPS) is 12.4. The molecular formula is C10H15N3O2S. The Morgan fingerprint density at radius 3 is 2.94 bits per heavy atom. The van der Waals surface area contributed by atoms with E-state index in [2.05, 4.69) is 9.97 Å². The van der Waals surface area contributed by atoms with Crippen LogP contribution in [0, 0.1) is 0 Å². The van der Waals surface area contributed by atoms with E-state index in [1.165, 1.54) is 6.07 Å². The van der Waals surface area contributed by atoms with Crippen molar-refractivity contribution in [1.82, 2.24) is 9.97 Å². The van der Waals surface area contributed by atoms with E-state index in [1.54, 1.807) is 6.92 Å². The molecule has 0 aliphatic heterocycles. The Morgan fingerprint density at radius 1 is 1.69 bits per heavy atom. The van der Waals surface area contributed by atoms with Crippen molar-refractivity contribution in [2.45, 2.75) is 37.1 Å². The molecule has 1 unspecified atom stereocenters. The van der Waals surface area contributed by atoms with Gasteiger partial charge in [0, 0.05) is 11.8 Å². The molecule has 0 saturated carbocycles. The van der Waals surface area contributed by atoms with Crippen molar-refractivity contribution in [3.05, 3.63) is 22.1 Å². The summed E-state index contributed by atoms with van der Waals surface area (Å²) in [6.07, 6.45) is 1.67. The van der Waals surface area contributed by atoms with Gasteiger partial charge in [0.1, 0.15) is 0 Å². The minimum atomic E-state index is -0.423. The Labute approximate surface area is 97.8 Å². The smallest absolute Gasteiger partial charge is 0.251 e. The van der Waals surface area contributed by atoms with Crippen molar-refractivity contribution < 1.29 is 4.79 Å². The highest BCUT2D eigenvalue weighted by atomic mass is 32.2. The van der Waals surface area contributed by atoms with Crippen molar-refractivity contribution in [3.8, 4) is 0 Å². The first-order valence-electron chi connectivity index (χ1n) is 5.09. The molecule has 6 heteroatoms. The molecule has 0 radical (unpaired) electrons. The molecule has 0 spiro atoms. The molecule has 0 aromatic carbocycles. The fraction of sp³-hybridized carbons (Fsp3) is 0.500. The van der Waals surface area contributed by atoms with Crippen LogP contribution in [0.1, 0.15) is 26.0 Å². The van der Waals surface area contributed by atoms with Gasteiger partial charge in [-0.2, -0.15) is 0 Å². The number of nitrogens with two attached hydrogens (primary N) is 1. The highest BCUT2D eigenvalue weighted by Gasteiger charge is 2.12. The summed E-state index contributed by atoms with van der Waals surface area (Å²) in [5.41, 5.74) is 5.68. The predicted molar refractivity (Wildman–Crippen MR) is 63.4 cm³/mol. The second-order valence-electron chi connectivity index (χ2n) is 3.45. The molecule has 1 amide bonds. The van der Waals surface area contributed by atoms with Gasteiger partial charge in [-0.05, 0) is 13.3 Å². The summed E-state index contributed by atoms with van der Waals surface area (Å²) in [6, 6.07) is 1.47. The number of nitrogens with zero attached hydrogens (tertiary/aromatic N) is 1. The Kier molecular flexibility index (Phi) is 4.54. The summed E-state index contributed by atoms with van der Waals surface area (Å²) in [4.78, 5) is 29.0. The number of thioether (sulfide) groups is 1. The van der Waals surface area contributed by atoms with Crippen LogP contribution in [-0.2, 0) is 11.2 Å². The lowest BCUT2D eigenvalue weighted by atomic mass is 10.2. The van der Waals surface area contributed by atoms with Crippen molar-refractivity contribution in [3.63, 3.8) is 0 Å². The third-order valence-corrected chi connectivity index (χ3v) is 2.97. The van der Waals surface area contributed by atoms with Gasteiger partial charge < -0.3 is 10.7 Å². The van der Waals surface area contributed by atoms with Crippen LogP contribution < -0.4 is 11.3 Å². The molecule has 1 aromatic rings. The van der Waals surface area contributed by atoms with Gasteiger partial charge in [-0.15, -0.1) is 0 Å². The van der Waals surface area contributed by atoms with E-state index < -0.39 is 11.2 Å². The number of hydrogen-bond acceptors (Lipinski definition) is 4. The number of aryl methyl sites for hydroxylation is 1. The van der Waals surface area contributed by atoms with Crippen molar-refractivity contribution in [1.29, 1.82) is 0 Å². The average molecular weight is 241 g/mol. The van der Waals surface area contributed by atoms with Crippen LogP contribution in [-0.4, -0.2) is 21.1 Å². The van der Waals surface area contributed by atoms with Crippen LogP contribution in [0.15, 0.2) is 16.0 Å². The molecule has 0 bridgehead atoms. The van der Waals surface area contributed by atoms with E-state index in [1.807, 2.05) is 6.92 Å². The summed E-state index contributed by atoms with van der Waals surface area (Å²) in [5, 5.41) is 0.0438. The zero-order chi connectivity index (χ0) is 12.1. The minimum absolute atomic E-state index is 0.197. The Bertz CT molecular complexity index is 430. The topological polar surface area (TPSA) is 88.8 Å². The molecule has 1 aromatic heterocycles. The monoisotopic (exact) mass is 241 g/mol. The van der Waals surface area contributed by atoms with Crippen LogP contribution in [0.4, 0.5) is 0 Å². The largest absolute Gasteiger partial charge is 0.369 e. The van der Waals surface area contributed by atoms with Crippen LogP contribution in [0.2, 0.25) is 0 Å². The molecule has 88 valence electrons. The summed E-state index contributed by atoms with van der Waals surface area (Å²) in [7, 11) is 0. The number of primary amides is 1. The number of amides is 1. The third-order valence-electron chi connectivity index (χ3n) is 1.97. The zero-order valence-electron chi connectivity index (χ0n) is 9.32. The number of aromatic nitrogens is 2. The quantitative estimate of drug-likeness (QED) is 0.586. The maximum Gasteiger partial charge on any atom is 0.251 e. The van der Waals surface area contributed by atoms with Crippen molar-refractivity contribution in [2.24, 2.45) is 5.73 Å². The van der Waals surface area contributed by atoms with E-state index in [0.29, 0.717) is 5.16 Å². The SMILES string of the molecule is CCCc1cc(=O)[nH]c(SC(C)C(N)=O)n1. The van der Waals surface area contributed by atoms with Gasteiger partial charge in [-0.25, -0.2) is 4.98 Å². The van der Waals surface area contributed by atoms with Gasteiger partial charge in [0.15, 0.2) is 5.16 Å². The molecular weight excluding hydrogens is 226 g/mol. The number of carbonyl (C=O) groups excluding carboxylic acids is 1. The van der Waals surface area contributed by atoms with Gasteiger partial charge in [0.2, 0.25) is 5.91 Å². The molecule has 0 aliphatic rings. The standard InChI is InChI=1S/C10H15N3O2S/c1-3-4-7-5-8(14)13-10(12-7)16-6(2)9(11)15/h5-6H,3-4H2,1-2H3,(H2,11,15)(H,12,13,14). The second-order valence-corrected chi connectivity index (χ2v) is 4.78. The number of hydrogen-bond donors (Lipinski definition) is 2. The highest BCUT2D eigenvalue weighted by Crippen LogP contribution is 2.17. The summed E-state index contributed by atoms with van der Waals surface area (Å²) in [6.45, 7) is 3.70. The molecule has 16 heavy (non-hydrogen) atoms. The Morgan fingerprint density at radius 2 is 2.38 bits per heavy atom. The lowest BCUT2D eigenvalue weighted by Gasteiger charge is -2.06. The first-order chi connectivity index (χ1) is 7.52. The molecule has 3 N–H and O–H groups in total. The first-order valence-corrected chi connectivity index (χ1v) is 5.97. The number of carbonyl (C=O) groups is 1. The van der Waals surface area contributed by atoms with Crippen LogP contribution in [0.25, 0.3) is 0 Å². The average Bonchev–Trinajstić information content (AvgIpc) is 2.16. The van der Waals surface area contributed by atoms with E-state index in [4.69, 9.17) is 5.73 Å². The van der Waals surface area contributed by atoms with Crippen molar-refractivity contribution in [2.75, 3.05) is 0 Å². The molecule has 0 saturated heterocycles. The van der Waals surface area contributed by atoms with Gasteiger partial charge in [0.25, 0.3) is 5.56 Å². The van der Waals surface area contributed by atoms with E-state index in [0.717, 1.165) is 30.3 Å². The molecule has 1 atom stereocenters. The van der Waals surface area contributed by atoms with Crippen LogP contribution in [0.5, 0.6) is 0 Å². The molecule has 0 fully saturated rings. The molecule has 5 nitrogen and oxygen atoms in total. The van der Waals surface area contributed by atoms with Crippen LogP contribution in [0.3, 0.4) is 0 Å². The summed E-state index contributed by atoms with van der Waals surface area (Å²) in [5.74, 6) is -0.423. The maximum atomic E-state index is 11.3. The fourth-order valence-corrected chi connectivity index (χ4v) is 1.93. The zero-order valence-corrected chi connectivity index (χ0v) is 10.1. The predicted octanol–water partition coefficient (Wildman–Crippen LogP) is 0.688. The number of aromatic amines is 1. The van der Waals surface area contributed by atoms with E-state index in [9.17, 15) is 9.59 Å². The Hall–Kier alpha value is -1.30. The lowest BCUT2D eigenvalue weighted by molar-refractivity contribution is -0.117. The van der Waals surface area contributed by atoms with Gasteiger partial charge in [-0.1, -0.05) is 25.1 Å². The number of nitrogens with one attached hydrogen (secondary N) is 1. The highest BCUT2D eigenvalue weighted by molar-refractivity contribution is 8.00. The number of rotatable bonds is 5. The minimum Gasteiger partial charge on any atom is -0.369 e. The fourth-order valence-electron chi connectivity index (χ4n) is 1.15. The maximum absolute atomic E-state index is 11.3. The van der Waals surface area contributed by atoms with Gasteiger partial charge in [-0.3, -0.25) is 9.59 Å². The third kappa shape index (κ3) is 3.69. The first kappa shape index (κ1) is 12.8. The van der Waals surface area contributed by atoms with E-state index >= 15 is 0 Å². The number of H-pyrrole nitrogens is 1. The van der Waals surface area contributed by atoms with Gasteiger partial charge >= 0.3 is 0 Å². The molecule has 1 rings (SSSR count). The summed E-state index contributed by atoms with van der Waals surface area (Å²) < 4.78 is 0. The van der Waals surface area contributed by atoms with Gasteiger partial charge in [0.05, 0.1) is 5.25 Å². The van der Waals surface area contributed by atoms with E-state index in [-0.39, 0.29) is 5.56 Å². The summed E-state index contributed by atoms with van der Waals surface area (Å²) >= 11 is 1.16. The molecule has 0 aliphatic carbocycles. The molecule has 1 heterocycles. The lowest BCUT2D eigenvalue weighted by Crippen LogP contribution is -2.23. The van der Waals surface area contributed by atoms with Crippen molar-refractivity contribution >= 4 is 17.7 Å². The van der Waals surface area contributed by atoms with Crippen LogP contribution >= 0.6 is 11.8 Å². The Balaban J connectivity index is 2.88.